The van der Waals surface area contributed by atoms with Gasteiger partial charge in [-0.3, -0.25) is 9.59 Å². The van der Waals surface area contributed by atoms with Crippen LogP contribution < -0.4 is 5.32 Å². The van der Waals surface area contributed by atoms with Crippen LogP contribution in [-0.4, -0.2) is 33.3 Å². The first-order valence-corrected chi connectivity index (χ1v) is 8.22. The molecule has 1 aromatic heterocycles. The zero-order valence-corrected chi connectivity index (χ0v) is 13.4. The van der Waals surface area contributed by atoms with E-state index in [1.54, 1.807) is 10.9 Å². The molecule has 6 nitrogen and oxygen atoms in total. The molecule has 126 valence electrons. The zero-order valence-electron chi connectivity index (χ0n) is 13.4. The van der Waals surface area contributed by atoms with Crippen LogP contribution in [0.15, 0.2) is 42.7 Å². The fourth-order valence-corrected chi connectivity index (χ4v) is 3.21. The number of carboxylic acid groups (broad SMARTS) is 1. The number of nitrogens with zero attached hydrogens (tertiary/aromatic N) is 2. The number of carbonyl (C=O) groups is 2. The first kappa shape index (κ1) is 16.2. The van der Waals surface area contributed by atoms with Crippen molar-refractivity contribution in [2.45, 2.75) is 32.1 Å². The summed E-state index contributed by atoms with van der Waals surface area (Å²) in [6.45, 7) is 0.164. The number of hydrogen-bond acceptors (Lipinski definition) is 3. The number of aromatic nitrogens is 2. The van der Waals surface area contributed by atoms with E-state index in [4.69, 9.17) is 0 Å². The van der Waals surface area contributed by atoms with Crippen LogP contribution in [0.25, 0.3) is 5.69 Å². The van der Waals surface area contributed by atoms with Gasteiger partial charge in [0.05, 0.1) is 22.9 Å². The first-order valence-electron chi connectivity index (χ1n) is 8.22. The molecule has 0 radical (unpaired) electrons. The van der Waals surface area contributed by atoms with E-state index in [0.29, 0.717) is 18.4 Å². The lowest BCUT2D eigenvalue weighted by Crippen LogP contribution is -2.44. The molecule has 1 saturated carbocycles. The molecule has 2 N–H and O–H groups in total. The Bertz CT molecular complexity index is 718. The summed E-state index contributed by atoms with van der Waals surface area (Å²) in [5.41, 5.74) is 0.463. The minimum atomic E-state index is -0.830. The van der Waals surface area contributed by atoms with E-state index in [0.717, 1.165) is 24.9 Å². The van der Waals surface area contributed by atoms with Gasteiger partial charge >= 0.3 is 5.97 Å². The van der Waals surface area contributed by atoms with Crippen molar-refractivity contribution in [2.24, 2.45) is 5.41 Å². The second-order valence-corrected chi connectivity index (χ2v) is 6.34. The smallest absolute Gasteiger partial charge is 0.311 e. The van der Waals surface area contributed by atoms with Crippen molar-refractivity contribution in [3.05, 3.63) is 48.3 Å². The number of rotatable bonds is 5. The van der Waals surface area contributed by atoms with Crippen molar-refractivity contribution in [1.29, 1.82) is 0 Å². The van der Waals surface area contributed by atoms with Crippen molar-refractivity contribution in [1.82, 2.24) is 15.1 Å². The molecular weight excluding hydrogens is 306 g/mol. The molecule has 3 rings (SSSR count). The van der Waals surface area contributed by atoms with Gasteiger partial charge in [-0.1, -0.05) is 37.5 Å². The minimum absolute atomic E-state index is 0.164. The van der Waals surface area contributed by atoms with E-state index in [-0.39, 0.29) is 12.5 Å². The second-order valence-electron chi connectivity index (χ2n) is 6.34. The summed E-state index contributed by atoms with van der Waals surface area (Å²) in [5, 5.41) is 16.5. The third-order valence-corrected chi connectivity index (χ3v) is 4.72. The molecule has 0 aliphatic heterocycles. The van der Waals surface area contributed by atoms with Crippen LogP contribution in [0.1, 0.15) is 42.5 Å². The number of para-hydroxylation sites is 1. The lowest BCUT2D eigenvalue weighted by molar-refractivity contribution is -0.150. The standard InChI is InChI=1S/C18H21N3O3/c22-16(19-13-18(17(23)24)9-5-2-6-10-18)14-11-20-21(12-14)15-7-3-1-4-8-15/h1,3-4,7-8,11-12H,2,5-6,9-10,13H2,(H,19,22)(H,23,24). The zero-order chi connectivity index (χ0) is 17.0. The maximum Gasteiger partial charge on any atom is 0.311 e. The Morgan fingerprint density at radius 3 is 2.54 bits per heavy atom. The van der Waals surface area contributed by atoms with Gasteiger partial charge in [-0.2, -0.15) is 5.10 Å². The number of aliphatic carboxylic acids is 1. The van der Waals surface area contributed by atoms with Crippen LogP contribution in [0, 0.1) is 5.41 Å². The van der Waals surface area contributed by atoms with E-state index < -0.39 is 11.4 Å². The molecule has 1 aliphatic carbocycles. The Balaban J connectivity index is 1.67. The quantitative estimate of drug-likeness (QED) is 0.884. The van der Waals surface area contributed by atoms with Crippen molar-refractivity contribution in [3.63, 3.8) is 0 Å². The van der Waals surface area contributed by atoms with Gasteiger partial charge < -0.3 is 10.4 Å². The molecule has 1 aromatic carbocycles. The lowest BCUT2D eigenvalue weighted by Gasteiger charge is -2.33. The summed E-state index contributed by atoms with van der Waals surface area (Å²) in [5.74, 6) is -1.11. The topological polar surface area (TPSA) is 84.2 Å². The third-order valence-electron chi connectivity index (χ3n) is 4.72. The number of amides is 1. The average molecular weight is 327 g/mol. The molecule has 24 heavy (non-hydrogen) atoms. The summed E-state index contributed by atoms with van der Waals surface area (Å²) in [4.78, 5) is 24.0. The average Bonchev–Trinajstić information content (AvgIpc) is 3.11. The van der Waals surface area contributed by atoms with Crippen molar-refractivity contribution in [3.8, 4) is 5.69 Å². The van der Waals surface area contributed by atoms with Crippen LogP contribution in [0.4, 0.5) is 0 Å². The van der Waals surface area contributed by atoms with Gasteiger partial charge in [0.15, 0.2) is 0 Å². The molecule has 1 heterocycles. The molecular formula is C18H21N3O3. The number of nitrogens with one attached hydrogen (secondary N) is 1. The van der Waals surface area contributed by atoms with Crippen molar-refractivity contribution in [2.75, 3.05) is 6.54 Å². The number of carbonyl (C=O) groups excluding carboxylic acids is 1. The SMILES string of the molecule is O=C(NCC1(C(=O)O)CCCCC1)c1cnn(-c2ccccc2)c1. The third kappa shape index (κ3) is 3.32. The first-order chi connectivity index (χ1) is 11.6. The van der Waals surface area contributed by atoms with Crippen molar-refractivity contribution >= 4 is 11.9 Å². The van der Waals surface area contributed by atoms with Crippen LogP contribution in [0.3, 0.4) is 0 Å². The van der Waals surface area contributed by atoms with Crippen LogP contribution in [0.2, 0.25) is 0 Å². The highest BCUT2D eigenvalue weighted by Gasteiger charge is 2.39. The molecule has 0 spiro atoms. The molecule has 6 heteroatoms. The van der Waals surface area contributed by atoms with Gasteiger partial charge in [-0.25, -0.2) is 4.68 Å². The molecule has 1 fully saturated rings. The molecule has 0 atom stereocenters. The summed E-state index contributed by atoms with van der Waals surface area (Å²) in [6.07, 6.45) is 7.24. The van der Waals surface area contributed by atoms with E-state index in [2.05, 4.69) is 10.4 Å². The summed E-state index contributed by atoms with van der Waals surface area (Å²) < 4.78 is 1.63. The predicted octanol–water partition coefficient (Wildman–Crippen LogP) is 2.64. The molecule has 0 saturated heterocycles. The lowest BCUT2D eigenvalue weighted by atomic mass is 9.74. The molecule has 0 unspecified atom stereocenters. The number of carboxylic acids is 1. The largest absolute Gasteiger partial charge is 0.481 e. The summed E-state index contributed by atoms with van der Waals surface area (Å²) in [6, 6.07) is 9.51. The molecule has 2 aromatic rings. The fourth-order valence-electron chi connectivity index (χ4n) is 3.21. The van der Waals surface area contributed by atoms with Crippen LogP contribution in [-0.2, 0) is 4.79 Å². The predicted molar refractivity (Wildman–Crippen MR) is 89.1 cm³/mol. The number of hydrogen-bond donors (Lipinski definition) is 2. The van der Waals surface area contributed by atoms with Crippen LogP contribution >= 0.6 is 0 Å². The maximum absolute atomic E-state index is 12.3. The highest BCUT2D eigenvalue weighted by molar-refractivity contribution is 5.94. The van der Waals surface area contributed by atoms with Crippen LogP contribution in [0.5, 0.6) is 0 Å². The van der Waals surface area contributed by atoms with E-state index in [1.807, 2.05) is 30.3 Å². The Morgan fingerprint density at radius 1 is 1.17 bits per heavy atom. The van der Waals surface area contributed by atoms with Gasteiger partial charge in [0.25, 0.3) is 5.91 Å². The Hall–Kier alpha value is -2.63. The summed E-state index contributed by atoms with van der Waals surface area (Å²) >= 11 is 0. The molecule has 1 aliphatic rings. The Morgan fingerprint density at radius 2 is 1.88 bits per heavy atom. The van der Waals surface area contributed by atoms with E-state index in [9.17, 15) is 14.7 Å². The highest BCUT2D eigenvalue weighted by Crippen LogP contribution is 2.36. The van der Waals surface area contributed by atoms with Gasteiger partial charge in [0.2, 0.25) is 0 Å². The van der Waals surface area contributed by atoms with Crippen molar-refractivity contribution < 1.29 is 14.7 Å². The second kappa shape index (κ2) is 6.86. The Kier molecular flexibility index (Phi) is 4.64. The molecule has 1 amide bonds. The minimum Gasteiger partial charge on any atom is -0.481 e. The van der Waals surface area contributed by atoms with Gasteiger partial charge in [0, 0.05) is 12.7 Å². The van der Waals surface area contributed by atoms with Gasteiger partial charge in [0.1, 0.15) is 0 Å². The molecule has 0 bridgehead atoms. The monoisotopic (exact) mass is 327 g/mol. The van der Waals surface area contributed by atoms with E-state index in [1.165, 1.54) is 6.20 Å². The normalized spacial score (nSPS) is 16.5. The maximum atomic E-state index is 12.3. The van der Waals surface area contributed by atoms with E-state index >= 15 is 0 Å². The fraction of sp³-hybridized carbons (Fsp3) is 0.389. The Labute approximate surface area is 140 Å². The van der Waals surface area contributed by atoms with Gasteiger partial charge in [-0.15, -0.1) is 0 Å². The summed E-state index contributed by atoms with van der Waals surface area (Å²) in [7, 11) is 0. The number of benzene rings is 1. The van der Waals surface area contributed by atoms with Gasteiger partial charge in [-0.05, 0) is 25.0 Å². The highest BCUT2D eigenvalue weighted by atomic mass is 16.4.